The maximum absolute atomic E-state index is 13.4. The van der Waals surface area contributed by atoms with E-state index in [9.17, 15) is 9.18 Å². The second-order valence-corrected chi connectivity index (χ2v) is 6.96. The first-order chi connectivity index (χ1) is 10.1. The average Bonchev–Trinajstić information content (AvgIpc) is 2.89. The molecule has 0 aromatic heterocycles. The van der Waals surface area contributed by atoms with Crippen molar-refractivity contribution in [3.8, 4) is 0 Å². The van der Waals surface area contributed by atoms with E-state index in [2.05, 4.69) is 12.1 Å². The Morgan fingerprint density at radius 1 is 1.33 bits per heavy atom. The van der Waals surface area contributed by atoms with E-state index in [1.54, 1.807) is 17.8 Å². The Morgan fingerprint density at radius 2 is 2.14 bits per heavy atom. The second kappa shape index (κ2) is 6.12. The zero-order valence-electron chi connectivity index (χ0n) is 11.1. The summed E-state index contributed by atoms with van der Waals surface area (Å²) in [6.07, 6.45) is 0. The van der Waals surface area contributed by atoms with Crippen molar-refractivity contribution < 1.29 is 14.3 Å². The number of aromatic carboxylic acids is 1. The summed E-state index contributed by atoms with van der Waals surface area (Å²) >= 11 is 3.43. The molecule has 21 heavy (non-hydrogen) atoms. The first-order valence-electron chi connectivity index (χ1n) is 6.52. The molecule has 2 nitrogen and oxygen atoms in total. The quantitative estimate of drug-likeness (QED) is 0.841. The molecule has 1 heterocycles. The predicted octanol–water partition coefficient (Wildman–Crippen LogP) is 4.51. The number of hydrogen-bond acceptors (Lipinski definition) is 3. The van der Waals surface area contributed by atoms with Gasteiger partial charge in [0.25, 0.3) is 0 Å². The maximum atomic E-state index is 13.4. The van der Waals surface area contributed by atoms with Gasteiger partial charge in [-0.25, -0.2) is 9.18 Å². The number of thioether (sulfide) groups is 2. The van der Waals surface area contributed by atoms with Gasteiger partial charge in [0.05, 0.1) is 5.56 Å². The molecule has 1 aliphatic rings. The third kappa shape index (κ3) is 3.09. The fourth-order valence-corrected chi connectivity index (χ4v) is 4.78. The van der Waals surface area contributed by atoms with Gasteiger partial charge in [0.2, 0.25) is 0 Å². The van der Waals surface area contributed by atoms with Crippen LogP contribution in [-0.2, 0) is 0 Å². The minimum atomic E-state index is -1.23. The van der Waals surface area contributed by atoms with E-state index in [1.807, 2.05) is 23.9 Å². The van der Waals surface area contributed by atoms with Gasteiger partial charge in [0.1, 0.15) is 5.82 Å². The smallest absolute Gasteiger partial charge is 0.338 e. The molecule has 1 aliphatic heterocycles. The molecule has 0 amide bonds. The molecule has 0 saturated heterocycles. The number of benzene rings is 2. The highest BCUT2D eigenvalue weighted by Crippen LogP contribution is 2.41. The molecule has 108 valence electrons. The van der Waals surface area contributed by atoms with Crippen molar-refractivity contribution >= 4 is 29.5 Å². The van der Waals surface area contributed by atoms with Crippen LogP contribution >= 0.6 is 23.5 Å². The summed E-state index contributed by atoms with van der Waals surface area (Å²) in [6.45, 7) is 0. The van der Waals surface area contributed by atoms with Crippen molar-refractivity contribution in [2.75, 3.05) is 11.5 Å². The molecule has 0 saturated carbocycles. The highest BCUT2D eigenvalue weighted by Gasteiger charge is 2.22. The van der Waals surface area contributed by atoms with E-state index in [4.69, 9.17) is 5.11 Å². The van der Waals surface area contributed by atoms with E-state index in [0.29, 0.717) is 5.92 Å². The first kappa shape index (κ1) is 14.5. The summed E-state index contributed by atoms with van der Waals surface area (Å²) < 4.78 is 13.4. The number of halogens is 1. The summed E-state index contributed by atoms with van der Waals surface area (Å²) in [5.74, 6) is 0.452. The van der Waals surface area contributed by atoms with E-state index in [1.165, 1.54) is 22.6 Å². The largest absolute Gasteiger partial charge is 0.478 e. The standard InChI is InChI=1S/C16H13FO2S2/c17-14-6-5-11(7-13(14)16(18)19)20-8-10-9-21-15-4-2-1-3-12(10)15/h1-7,10H,8-9H2,(H,18,19). The van der Waals surface area contributed by atoms with Crippen molar-refractivity contribution in [1.29, 1.82) is 0 Å². The van der Waals surface area contributed by atoms with Crippen molar-refractivity contribution in [2.45, 2.75) is 15.7 Å². The summed E-state index contributed by atoms with van der Waals surface area (Å²) in [4.78, 5) is 13.1. The summed E-state index contributed by atoms with van der Waals surface area (Å²) in [5, 5.41) is 8.95. The van der Waals surface area contributed by atoms with Gasteiger partial charge in [-0.3, -0.25) is 0 Å². The van der Waals surface area contributed by atoms with Crippen LogP contribution in [0, 0.1) is 5.82 Å². The van der Waals surface area contributed by atoms with Crippen molar-refractivity contribution in [3.05, 3.63) is 59.4 Å². The van der Waals surface area contributed by atoms with E-state index in [-0.39, 0.29) is 5.56 Å². The number of hydrogen-bond donors (Lipinski definition) is 1. The van der Waals surface area contributed by atoms with Crippen LogP contribution in [0.5, 0.6) is 0 Å². The second-order valence-electron chi connectivity index (χ2n) is 4.80. The Balaban J connectivity index is 1.72. The van der Waals surface area contributed by atoms with Crippen LogP contribution in [0.15, 0.2) is 52.3 Å². The van der Waals surface area contributed by atoms with Crippen LogP contribution in [0.25, 0.3) is 0 Å². The molecule has 1 unspecified atom stereocenters. The number of carbonyl (C=O) groups is 1. The Bertz CT molecular complexity index is 688. The lowest BCUT2D eigenvalue weighted by atomic mass is 10.0. The fraction of sp³-hybridized carbons (Fsp3) is 0.188. The van der Waals surface area contributed by atoms with Crippen LogP contribution < -0.4 is 0 Å². The first-order valence-corrected chi connectivity index (χ1v) is 8.49. The lowest BCUT2D eigenvalue weighted by molar-refractivity contribution is 0.0691. The monoisotopic (exact) mass is 320 g/mol. The molecule has 0 aliphatic carbocycles. The molecule has 2 aromatic rings. The van der Waals surface area contributed by atoms with Crippen LogP contribution in [0.3, 0.4) is 0 Å². The van der Waals surface area contributed by atoms with Gasteiger partial charge in [0, 0.05) is 27.2 Å². The number of fused-ring (bicyclic) bond motifs is 1. The highest BCUT2D eigenvalue weighted by atomic mass is 32.2. The Kier molecular flexibility index (Phi) is 4.22. The van der Waals surface area contributed by atoms with Crippen molar-refractivity contribution in [2.24, 2.45) is 0 Å². The number of rotatable bonds is 4. The molecule has 1 N–H and O–H groups in total. The van der Waals surface area contributed by atoms with Gasteiger partial charge >= 0.3 is 5.97 Å². The zero-order valence-corrected chi connectivity index (χ0v) is 12.7. The van der Waals surface area contributed by atoms with E-state index >= 15 is 0 Å². The fourth-order valence-electron chi connectivity index (χ4n) is 2.32. The molecular weight excluding hydrogens is 307 g/mol. The van der Waals surface area contributed by atoms with Crippen LogP contribution in [0.4, 0.5) is 4.39 Å². The average molecular weight is 320 g/mol. The molecule has 0 radical (unpaired) electrons. The lowest BCUT2D eigenvalue weighted by Crippen LogP contribution is -2.02. The summed E-state index contributed by atoms with van der Waals surface area (Å²) in [6, 6.07) is 12.6. The molecule has 5 heteroatoms. The normalized spacial score (nSPS) is 16.7. The van der Waals surface area contributed by atoms with Gasteiger partial charge in [-0.15, -0.1) is 23.5 Å². The summed E-state index contributed by atoms with van der Waals surface area (Å²) in [7, 11) is 0. The van der Waals surface area contributed by atoms with E-state index < -0.39 is 11.8 Å². The topological polar surface area (TPSA) is 37.3 Å². The van der Waals surface area contributed by atoms with Crippen LogP contribution in [0.1, 0.15) is 21.8 Å². The zero-order chi connectivity index (χ0) is 14.8. The Morgan fingerprint density at radius 3 is 2.95 bits per heavy atom. The molecule has 1 atom stereocenters. The molecule has 0 fully saturated rings. The van der Waals surface area contributed by atoms with Gasteiger partial charge in [-0.2, -0.15) is 0 Å². The van der Waals surface area contributed by atoms with Gasteiger partial charge in [-0.05, 0) is 29.8 Å². The SMILES string of the molecule is O=C(O)c1cc(SCC2CSc3ccccc32)ccc1F. The molecular formula is C16H13FO2S2. The third-order valence-electron chi connectivity index (χ3n) is 3.42. The minimum absolute atomic E-state index is 0.263. The highest BCUT2D eigenvalue weighted by molar-refractivity contribution is 8.00. The lowest BCUT2D eigenvalue weighted by Gasteiger charge is -2.10. The minimum Gasteiger partial charge on any atom is -0.478 e. The molecule has 0 bridgehead atoms. The number of carboxylic acid groups (broad SMARTS) is 1. The summed E-state index contributed by atoms with van der Waals surface area (Å²) in [5.41, 5.74) is 1.09. The molecule has 2 aromatic carbocycles. The Labute approximate surface area is 130 Å². The predicted molar refractivity (Wildman–Crippen MR) is 84.0 cm³/mol. The molecule has 0 spiro atoms. The van der Waals surface area contributed by atoms with Gasteiger partial charge in [0.15, 0.2) is 0 Å². The van der Waals surface area contributed by atoms with Crippen LogP contribution in [-0.4, -0.2) is 22.6 Å². The Hall–Kier alpha value is -1.46. The van der Waals surface area contributed by atoms with Crippen LogP contribution in [0.2, 0.25) is 0 Å². The molecule has 3 rings (SSSR count). The third-order valence-corrected chi connectivity index (χ3v) is 5.83. The van der Waals surface area contributed by atoms with Crippen molar-refractivity contribution in [1.82, 2.24) is 0 Å². The number of carboxylic acids is 1. The van der Waals surface area contributed by atoms with E-state index in [0.717, 1.165) is 16.4 Å². The van der Waals surface area contributed by atoms with Gasteiger partial charge < -0.3 is 5.11 Å². The van der Waals surface area contributed by atoms with Crippen molar-refractivity contribution in [3.63, 3.8) is 0 Å². The maximum Gasteiger partial charge on any atom is 0.338 e. The van der Waals surface area contributed by atoms with Gasteiger partial charge in [-0.1, -0.05) is 18.2 Å².